The third-order valence-corrected chi connectivity index (χ3v) is 4.32. The van der Waals surface area contributed by atoms with Gasteiger partial charge in [-0.3, -0.25) is 4.79 Å². The number of benzene rings is 1. The molecule has 0 aliphatic heterocycles. The van der Waals surface area contributed by atoms with Gasteiger partial charge in [0, 0.05) is 23.5 Å². The molecule has 0 radical (unpaired) electrons. The fourth-order valence-electron chi connectivity index (χ4n) is 2.78. The van der Waals surface area contributed by atoms with Crippen molar-refractivity contribution in [2.45, 2.75) is 20.3 Å². The lowest BCUT2D eigenvalue weighted by molar-refractivity contribution is -0.115. The smallest absolute Gasteiger partial charge is 0.232 e. The quantitative estimate of drug-likeness (QED) is 0.555. The first-order valence-corrected chi connectivity index (χ1v) is 8.70. The first-order chi connectivity index (χ1) is 13.0. The SMILES string of the molecule is Cc1cnc2nc(-c3cc(NC(=O)Cc4cc(C)no4)ccc3Cl)[nH]c2c1. The number of nitrogens with zero attached hydrogens (tertiary/aromatic N) is 3. The molecular weight excluding hydrogens is 366 g/mol. The highest BCUT2D eigenvalue weighted by Gasteiger charge is 2.13. The van der Waals surface area contributed by atoms with Crippen LogP contribution in [0.2, 0.25) is 5.02 Å². The number of hydrogen-bond donors (Lipinski definition) is 2. The van der Waals surface area contributed by atoms with E-state index in [0.717, 1.165) is 16.8 Å². The normalized spacial score (nSPS) is 11.1. The van der Waals surface area contributed by atoms with Crippen LogP contribution in [-0.2, 0) is 11.2 Å². The van der Waals surface area contributed by atoms with Crippen LogP contribution in [0.5, 0.6) is 0 Å². The molecule has 1 aromatic carbocycles. The minimum Gasteiger partial charge on any atom is -0.361 e. The first-order valence-electron chi connectivity index (χ1n) is 8.32. The molecule has 0 fully saturated rings. The third kappa shape index (κ3) is 3.68. The largest absolute Gasteiger partial charge is 0.361 e. The molecule has 0 saturated carbocycles. The number of nitrogens with one attached hydrogen (secondary N) is 2. The Morgan fingerprint density at radius 3 is 2.89 bits per heavy atom. The van der Waals surface area contributed by atoms with Gasteiger partial charge >= 0.3 is 0 Å². The van der Waals surface area contributed by atoms with Gasteiger partial charge in [0.1, 0.15) is 11.6 Å². The van der Waals surface area contributed by atoms with Gasteiger partial charge in [0.15, 0.2) is 5.65 Å². The minimum atomic E-state index is -0.207. The molecule has 8 heteroatoms. The predicted octanol–water partition coefficient (Wildman–Crippen LogP) is 4.06. The van der Waals surface area contributed by atoms with Crippen molar-refractivity contribution in [3.8, 4) is 11.4 Å². The number of aromatic nitrogens is 4. The van der Waals surface area contributed by atoms with Crippen LogP contribution in [0.1, 0.15) is 17.0 Å². The van der Waals surface area contributed by atoms with Gasteiger partial charge < -0.3 is 14.8 Å². The van der Waals surface area contributed by atoms with E-state index in [1.807, 2.05) is 13.0 Å². The summed E-state index contributed by atoms with van der Waals surface area (Å²) in [5.74, 6) is 0.897. The van der Waals surface area contributed by atoms with E-state index in [1.54, 1.807) is 37.4 Å². The van der Waals surface area contributed by atoms with E-state index in [4.69, 9.17) is 16.1 Å². The molecule has 0 bridgehead atoms. The van der Waals surface area contributed by atoms with Crippen molar-refractivity contribution in [2.24, 2.45) is 0 Å². The number of H-pyrrole nitrogens is 1. The molecule has 0 atom stereocenters. The summed E-state index contributed by atoms with van der Waals surface area (Å²) in [5.41, 5.74) is 4.51. The highest BCUT2D eigenvalue weighted by atomic mass is 35.5. The minimum absolute atomic E-state index is 0.104. The Bertz CT molecular complexity index is 1150. The third-order valence-electron chi connectivity index (χ3n) is 3.99. The summed E-state index contributed by atoms with van der Waals surface area (Å²) >= 11 is 6.34. The molecule has 27 heavy (non-hydrogen) atoms. The molecule has 0 aliphatic carbocycles. The number of hydrogen-bond acceptors (Lipinski definition) is 5. The van der Waals surface area contributed by atoms with Gasteiger partial charge in [0.25, 0.3) is 0 Å². The zero-order valence-electron chi connectivity index (χ0n) is 14.7. The summed E-state index contributed by atoms with van der Waals surface area (Å²) in [6.45, 7) is 3.77. The van der Waals surface area contributed by atoms with Crippen LogP contribution < -0.4 is 5.32 Å². The fourth-order valence-corrected chi connectivity index (χ4v) is 2.99. The van der Waals surface area contributed by atoms with Crippen LogP contribution in [0.15, 0.2) is 41.1 Å². The van der Waals surface area contributed by atoms with Crippen molar-refractivity contribution < 1.29 is 9.32 Å². The van der Waals surface area contributed by atoms with Crippen LogP contribution in [-0.4, -0.2) is 26.0 Å². The van der Waals surface area contributed by atoms with Crippen LogP contribution in [0.25, 0.3) is 22.6 Å². The number of fused-ring (bicyclic) bond motifs is 1. The molecule has 3 aromatic heterocycles. The zero-order chi connectivity index (χ0) is 19.0. The number of rotatable bonds is 4. The molecule has 0 saturated heterocycles. The van der Waals surface area contributed by atoms with Gasteiger partial charge in [-0.1, -0.05) is 16.8 Å². The molecule has 136 valence electrons. The van der Waals surface area contributed by atoms with E-state index in [-0.39, 0.29) is 12.3 Å². The van der Waals surface area contributed by atoms with Crippen molar-refractivity contribution in [1.82, 2.24) is 20.1 Å². The summed E-state index contributed by atoms with van der Waals surface area (Å²) in [6, 6.07) is 8.93. The van der Waals surface area contributed by atoms with E-state index < -0.39 is 0 Å². The molecule has 0 aliphatic rings. The maximum Gasteiger partial charge on any atom is 0.232 e. The average molecular weight is 382 g/mol. The van der Waals surface area contributed by atoms with Gasteiger partial charge in [-0.2, -0.15) is 0 Å². The van der Waals surface area contributed by atoms with Crippen LogP contribution in [0.4, 0.5) is 5.69 Å². The van der Waals surface area contributed by atoms with Crippen LogP contribution >= 0.6 is 11.6 Å². The summed E-state index contributed by atoms with van der Waals surface area (Å²) in [4.78, 5) is 24.3. The monoisotopic (exact) mass is 381 g/mol. The molecule has 4 aromatic rings. The fraction of sp³-hybridized carbons (Fsp3) is 0.158. The van der Waals surface area contributed by atoms with Gasteiger partial charge in [0.2, 0.25) is 5.91 Å². The van der Waals surface area contributed by atoms with E-state index >= 15 is 0 Å². The number of amides is 1. The van der Waals surface area contributed by atoms with Crippen molar-refractivity contribution in [2.75, 3.05) is 5.32 Å². The van der Waals surface area contributed by atoms with E-state index in [2.05, 4.69) is 25.4 Å². The molecule has 1 amide bonds. The lowest BCUT2D eigenvalue weighted by Crippen LogP contribution is -2.14. The van der Waals surface area contributed by atoms with Crippen molar-refractivity contribution in [3.05, 3.63) is 58.6 Å². The molecular formula is C19H16ClN5O2. The summed E-state index contributed by atoms with van der Waals surface area (Å²) in [5, 5.41) is 7.14. The lowest BCUT2D eigenvalue weighted by Gasteiger charge is -2.07. The van der Waals surface area contributed by atoms with Crippen molar-refractivity contribution in [1.29, 1.82) is 0 Å². The molecule has 0 spiro atoms. The average Bonchev–Trinajstić information content (AvgIpc) is 3.22. The topological polar surface area (TPSA) is 96.7 Å². The Hall–Kier alpha value is -3.19. The number of aromatic amines is 1. The highest BCUT2D eigenvalue weighted by molar-refractivity contribution is 6.33. The Labute approximate surface area is 159 Å². The first kappa shape index (κ1) is 17.2. The maximum atomic E-state index is 12.2. The maximum absolute atomic E-state index is 12.2. The number of pyridine rings is 1. The second kappa shape index (κ2) is 6.85. The summed E-state index contributed by atoms with van der Waals surface area (Å²) in [7, 11) is 0. The molecule has 4 rings (SSSR count). The number of carbonyl (C=O) groups excluding carboxylic acids is 1. The number of imidazole rings is 1. The highest BCUT2D eigenvalue weighted by Crippen LogP contribution is 2.30. The van der Waals surface area contributed by atoms with Crippen LogP contribution in [0.3, 0.4) is 0 Å². The van der Waals surface area contributed by atoms with Gasteiger partial charge in [0.05, 0.1) is 22.7 Å². The lowest BCUT2D eigenvalue weighted by atomic mass is 10.2. The van der Waals surface area contributed by atoms with Crippen molar-refractivity contribution >= 4 is 34.4 Å². The summed E-state index contributed by atoms with van der Waals surface area (Å²) < 4.78 is 5.07. The van der Waals surface area contributed by atoms with Crippen LogP contribution in [0, 0.1) is 13.8 Å². The van der Waals surface area contributed by atoms with Gasteiger partial charge in [-0.05, 0) is 43.7 Å². The Morgan fingerprint density at radius 1 is 1.26 bits per heavy atom. The van der Waals surface area contributed by atoms with Gasteiger partial charge in [-0.25, -0.2) is 9.97 Å². The number of carbonyl (C=O) groups is 1. The Kier molecular flexibility index (Phi) is 4.37. The van der Waals surface area contributed by atoms with E-state index in [1.165, 1.54) is 0 Å². The zero-order valence-corrected chi connectivity index (χ0v) is 15.5. The number of halogens is 1. The number of aryl methyl sites for hydroxylation is 2. The molecule has 3 heterocycles. The second-order valence-corrected chi connectivity index (χ2v) is 6.73. The van der Waals surface area contributed by atoms with Gasteiger partial charge in [-0.15, -0.1) is 0 Å². The van der Waals surface area contributed by atoms with E-state index in [0.29, 0.717) is 33.5 Å². The number of anilines is 1. The predicted molar refractivity (Wildman–Crippen MR) is 103 cm³/mol. The Balaban J connectivity index is 1.59. The Morgan fingerprint density at radius 2 is 2.11 bits per heavy atom. The van der Waals surface area contributed by atoms with Crippen molar-refractivity contribution in [3.63, 3.8) is 0 Å². The summed E-state index contributed by atoms with van der Waals surface area (Å²) in [6.07, 6.45) is 1.86. The molecule has 2 N–H and O–H groups in total. The standard InChI is InChI=1S/C19H16ClN5O2/c1-10-5-16-19(21-9-10)24-18(23-16)14-7-12(3-4-15(14)20)22-17(26)8-13-6-11(2)25-27-13/h3-7,9H,8H2,1-2H3,(H,22,26)(H,21,23,24). The second-order valence-electron chi connectivity index (χ2n) is 6.32. The molecule has 7 nitrogen and oxygen atoms in total. The molecule has 0 unspecified atom stereocenters. The van der Waals surface area contributed by atoms with E-state index in [9.17, 15) is 4.79 Å².